The van der Waals surface area contributed by atoms with Gasteiger partial charge in [-0.2, -0.15) is 5.26 Å². The van der Waals surface area contributed by atoms with E-state index in [0.717, 1.165) is 5.56 Å². The number of hydrogen-bond donors (Lipinski definition) is 0. The molecule has 0 heterocycles. The molecule has 0 spiro atoms. The van der Waals surface area contributed by atoms with E-state index < -0.39 is 11.8 Å². The van der Waals surface area contributed by atoms with Crippen LogP contribution < -0.4 is 0 Å². The standard InChI is InChI=1S/C19H17Cl2NO2/c1-2-24-19(23)11-16(15-9-8-14(20)10-18(15)21)17(12-22)13-6-4-3-5-7-13/h3-10,16-17H,2,11H2,1H3. The fourth-order valence-corrected chi connectivity index (χ4v) is 3.21. The predicted octanol–water partition coefficient (Wildman–Crippen LogP) is 5.34. The van der Waals surface area contributed by atoms with Crippen LogP contribution in [-0.4, -0.2) is 12.6 Å². The van der Waals surface area contributed by atoms with Gasteiger partial charge in [0, 0.05) is 16.0 Å². The molecule has 0 aliphatic carbocycles. The van der Waals surface area contributed by atoms with Gasteiger partial charge in [-0.15, -0.1) is 0 Å². The molecule has 0 aliphatic heterocycles. The zero-order valence-corrected chi connectivity index (χ0v) is 14.7. The van der Waals surface area contributed by atoms with Crippen molar-refractivity contribution < 1.29 is 9.53 Å². The van der Waals surface area contributed by atoms with Gasteiger partial charge in [0.05, 0.1) is 25.0 Å². The summed E-state index contributed by atoms with van der Waals surface area (Å²) in [5.41, 5.74) is 1.55. The molecule has 5 heteroatoms. The number of carbonyl (C=O) groups excluding carboxylic acids is 1. The Bertz CT molecular complexity index is 741. The smallest absolute Gasteiger partial charge is 0.306 e. The zero-order chi connectivity index (χ0) is 17.5. The average molecular weight is 362 g/mol. The number of hydrogen-bond acceptors (Lipinski definition) is 3. The molecule has 3 nitrogen and oxygen atoms in total. The zero-order valence-electron chi connectivity index (χ0n) is 13.2. The third kappa shape index (κ3) is 4.50. The van der Waals surface area contributed by atoms with Crippen LogP contribution in [0.1, 0.15) is 36.3 Å². The summed E-state index contributed by atoms with van der Waals surface area (Å²) in [5.74, 6) is -1.29. The summed E-state index contributed by atoms with van der Waals surface area (Å²) in [7, 11) is 0. The van der Waals surface area contributed by atoms with Gasteiger partial charge in [-0.1, -0.05) is 59.6 Å². The van der Waals surface area contributed by atoms with Crippen LogP contribution in [0.25, 0.3) is 0 Å². The third-order valence-electron chi connectivity index (χ3n) is 3.75. The lowest BCUT2D eigenvalue weighted by atomic mass is 9.80. The number of ether oxygens (including phenoxy) is 1. The predicted molar refractivity (Wildman–Crippen MR) is 95.2 cm³/mol. The molecule has 0 aliphatic rings. The van der Waals surface area contributed by atoms with Gasteiger partial charge in [-0.3, -0.25) is 4.79 Å². The Hall–Kier alpha value is -2.02. The van der Waals surface area contributed by atoms with E-state index in [0.29, 0.717) is 22.2 Å². The first kappa shape index (κ1) is 18.3. The molecule has 24 heavy (non-hydrogen) atoms. The number of nitrogens with zero attached hydrogens (tertiary/aromatic N) is 1. The number of rotatable bonds is 6. The van der Waals surface area contributed by atoms with Crippen molar-refractivity contribution in [3.63, 3.8) is 0 Å². The minimum Gasteiger partial charge on any atom is -0.466 e. The lowest BCUT2D eigenvalue weighted by molar-refractivity contribution is -0.143. The molecule has 0 fully saturated rings. The highest BCUT2D eigenvalue weighted by molar-refractivity contribution is 6.35. The Morgan fingerprint density at radius 3 is 2.50 bits per heavy atom. The molecule has 2 unspecified atom stereocenters. The molecule has 0 radical (unpaired) electrons. The first-order valence-electron chi connectivity index (χ1n) is 7.62. The normalized spacial score (nSPS) is 12.9. The highest BCUT2D eigenvalue weighted by Crippen LogP contribution is 2.39. The fraction of sp³-hybridized carbons (Fsp3) is 0.263. The quantitative estimate of drug-likeness (QED) is 0.652. The van der Waals surface area contributed by atoms with E-state index in [-0.39, 0.29) is 12.4 Å². The minimum absolute atomic E-state index is 0.0717. The molecule has 0 amide bonds. The maximum absolute atomic E-state index is 12.1. The van der Waals surface area contributed by atoms with Crippen molar-refractivity contribution in [2.24, 2.45) is 0 Å². The maximum Gasteiger partial charge on any atom is 0.306 e. The molecular weight excluding hydrogens is 345 g/mol. The van der Waals surface area contributed by atoms with Gasteiger partial charge in [0.1, 0.15) is 0 Å². The molecule has 0 saturated heterocycles. The van der Waals surface area contributed by atoms with E-state index in [1.807, 2.05) is 30.3 Å². The summed E-state index contributed by atoms with van der Waals surface area (Å²) < 4.78 is 5.07. The molecule has 2 atom stereocenters. The molecule has 2 aromatic carbocycles. The first-order chi connectivity index (χ1) is 11.6. The Kier molecular flexibility index (Phi) is 6.66. The van der Waals surface area contributed by atoms with Gasteiger partial charge < -0.3 is 4.74 Å². The highest BCUT2D eigenvalue weighted by Gasteiger charge is 2.29. The molecule has 2 aromatic rings. The van der Waals surface area contributed by atoms with Crippen molar-refractivity contribution in [3.05, 3.63) is 69.7 Å². The largest absolute Gasteiger partial charge is 0.466 e. The average Bonchev–Trinajstić information content (AvgIpc) is 2.56. The van der Waals surface area contributed by atoms with E-state index in [1.54, 1.807) is 25.1 Å². The van der Waals surface area contributed by atoms with Crippen molar-refractivity contribution in [2.45, 2.75) is 25.2 Å². The van der Waals surface area contributed by atoms with Gasteiger partial charge in [0.25, 0.3) is 0 Å². The van der Waals surface area contributed by atoms with Gasteiger partial charge in [0.15, 0.2) is 0 Å². The van der Waals surface area contributed by atoms with Crippen LogP contribution in [0.5, 0.6) is 0 Å². The highest BCUT2D eigenvalue weighted by atomic mass is 35.5. The van der Waals surface area contributed by atoms with Gasteiger partial charge >= 0.3 is 5.97 Å². The molecule has 0 saturated carbocycles. The first-order valence-corrected chi connectivity index (χ1v) is 8.37. The van der Waals surface area contributed by atoms with E-state index in [1.165, 1.54) is 0 Å². The molecule has 0 aromatic heterocycles. The number of nitriles is 1. The number of carbonyl (C=O) groups is 1. The Morgan fingerprint density at radius 2 is 1.92 bits per heavy atom. The van der Waals surface area contributed by atoms with Crippen LogP contribution in [0.15, 0.2) is 48.5 Å². The van der Waals surface area contributed by atoms with Crippen molar-refractivity contribution in [1.82, 2.24) is 0 Å². The van der Waals surface area contributed by atoms with E-state index in [9.17, 15) is 10.1 Å². The molecular formula is C19H17Cl2NO2. The molecule has 0 bridgehead atoms. The summed E-state index contributed by atoms with van der Waals surface area (Å²) >= 11 is 12.3. The van der Waals surface area contributed by atoms with Gasteiger partial charge in [0.2, 0.25) is 0 Å². The van der Waals surface area contributed by atoms with Crippen LogP contribution in [0.3, 0.4) is 0 Å². The van der Waals surface area contributed by atoms with E-state index >= 15 is 0 Å². The fourth-order valence-electron chi connectivity index (χ4n) is 2.67. The second-order valence-corrected chi connectivity index (χ2v) is 6.14. The topological polar surface area (TPSA) is 50.1 Å². The van der Waals surface area contributed by atoms with Crippen molar-refractivity contribution >= 4 is 29.2 Å². The number of benzene rings is 2. The summed E-state index contributed by atoms with van der Waals surface area (Å²) in [6.07, 6.45) is 0.0717. The monoisotopic (exact) mass is 361 g/mol. The SMILES string of the molecule is CCOC(=O)CC(c1ccc(Cl)cc1Cl)C(C#N)c1ccccc1. The van der Waals surface area contributed by atoms with Gasteiger partial charge in [-0.25, -0.2) is 0 Å². The van der Waals surface area contributed by atoms with Crippen LogP contribution in [0.2, 0.25) is 10.0 Å². The van der Waals surface area contributed by atoms with E-state index in [4.69, 9.17) is 27.9 Å². The lowest BCUT2D eigenvalue weighted by Gasteiger charge is -2.23. The Labute approximate surface area is 151 Å². The molecule has 2 rings (SSSR count). The molecule has 124 valence electrons. The third-order valence-corrected chi connectivity index (χ3v) is 4.32. The number of esters is 1. The Morgan fingerprint density at radius 1 is 1.21 bits per heavy atom. The second kappa shape index (κ2) is 8.73. The van der Waals surface area contributed by atoms with Gasteiger partial charge in [-0.05, 0) is 30.2 Å². The Balaban J connectivity index is 2.45. The lowest BCUT2D eigenvalue weighted by Crippen LogP contribution is -2.17. The maximum atomic E-state index is 12.1. The van der Waals surface area contributed by atoms with Crippen LogP contribution >= 0.6 is 23.2 Å². The van der Waals surface area contributed by atoms with Crippen LogP contribution in [0.4, 0.5) is 0 Å². The number of halogens is 2. The van der Waals surface area contributed by atoms with E-state index in [2.05, 4.69) is 6.07 Å². The van der Waals surface area contributed by atoms with Crippen LogP contribution in [0, 0.1) is 11.3 Å². The second-order valence-electron chi connectivity index (χ2n) is 5.30. The van der Waals surface area contributed by atoms with Crippen LogP contribution in [-0.2, 0) is 9.53 Å². The van der Waals surface area contributed by atoms with Crippen molar-refractivity contribution in [1.29, 1.82) is 5.26 Å². The van der Waals surface area contributed by atoms with Crippen molar-refractivity contribution in [2.75, 3.05) is 6.61 Å². The summed E-state index contributed by atoms with van der Waals surface area (Å²) in [6.45, 7) is 2.05. The van der Waals surface area contributed by atoms with Crippen molar-refractivity contribution in [3.8, 4) is 6.07 Å². The molecule has 0 N–H and O–H groups in total. The summed E-state index contributed by atoms with van der Waals surface area (Å²) in [5, 5.41) is 10.7. The minimum atomic E-state index is -0.519. The summed E-state index contributed by atoms with van der Waals surface area (Å²) in [4.78, 5) is 12.1. The summed E-state index contributed by atoms with van der Waals surface area (Å²) in [6, 6.07) is 16.8.